The Morgan fingerprint density at radius 1 is 1.09 bits per heavy atom. The Labute approximate surface area is 212 Å². The van der Waals surface area contributed by atoms with E-state index < -0.39 is 0 Å². The van der Waals surface area contributed by atoms with Crippen LogP contribution < -0.4 is 10.1 Å². The van der Waals surface area contributed by atoms with E-state index in [0.29, 0.717) is 11.1 Å². The summed E-state index contributed by atoms with van der Waals surface area (Å²) in [6.45, 7) is 4.32. The summed E-state index contributed by atoms with van der Waals surface area (Å²) in [6, 6.07) is 14.6. The molecule has 2 atom stereocenters. The normalized spacial score (nSPS) is 21.1. The summed E-state index contributed by atoms with van der Waals surface area (Å²) < 4.78 is 7.94. The van der Waals surface area contributed by atoms with E-state index in [1.807, 2.05) is 36.5 Å². The topological polar surface area (TPSA) is 42.3 Å². The highest BCUT2D eigenvalue weighted by Gasteiger charge is 2.44. The standard InChI is InChI=1S/C27H31ClN4OS/c1-17-15-21(18(2)31(17)23-16-19(28)12-13-24(23)33-3)26-25(22-11-7-8-14-29-22)30-27(34)32(26)20-9-5-4-6-10-20/h7-8,11-16,20,25-26H,4-6,9-10H2,1-3H3,(H,30,34). The molecule has 1 aromatic carbocycles. The van der Waals surface area contributed by atoms with Crippen LogP contribution in [0.5, 0.6) is 5.75 Å². The van der Waals surface area contributed by atoms with Crippen molar-refractivity contribution < 1.29 is 4.74 Å². The van der Waals surface area contributed by atoms with Crippen LogP contribution >= 0.6 is 23.8 Å². The summed E-state index contributed by atoms with van der Waals surface area (Å²) in [5.41, 5.74) is 5.51. The van der Waals surface area contributed by atoms with Gasteiger partial charge in [-0.25, -0.2) is 0 Å². The molecular weight excluding hydrogens is 464 g/mol. The quantitative estimate of drug-likeness (QED) is 0.412. The highest BCUT2D eigenvalue weighted by molar-refractivity contribution is 7.80. The monoisotopic (exact) mass is 494 g/mol. The van der Waals surface area contributed by atoms with E-state index in [-0.39, 0.29) is 12.1 Å². The van der Waals surface area contributed by atoms with Gasteiger partial charge in [-0.2, -0.15) is 0 Å². The number of nitrogens with one attached hydrogen (secondary N) is 1. The Kier molecular flexibility index (Phi) is 6.54. The van der Waals surface area contributed by atoms with Crippen LogP contribution in [-0.4, -0.2) is 32.7 Å². The van der Waals surface area contributed by atoms with E-state index in [0.717, 1.165) is 33.6 Å². The predicted octanol–water partition coefficient (Wildman–Crippen LogP) is 6.46. The van der Waals surface area contributed by atoms with Crippen molar-refractivity contribution in [2.24, 2.45) is 0 Å². The van der Waals surface area contributed by atoms with Crippen LogP contribution in [0.4, 0.5) is 0 Å². The molecule has 2 aliphatic rings. The molecule has 0 amide bonds. The molecule has 0 radical (unpaired) electrons. The van der Waals surface area contributed by atoms with Gasteiger partial charge in [0, 0.05) is 28.6 Å². The molecule has 2 aromatic heterocycles. The van der Waals surface area contributed by atoms with Crippen LogP contribution in [0.3, 0.4) is 0 Å². The zero-order valence-corrected chi connectivity index (χ0v) is 21.5. The van der Waals surface area contributed by atoms with Crippen molar-refractivity contribution in [3.05, 3.63) is 76.3 Å². The summed E-state index contributed by atoms with van der Waals surface area (Å²) >= 11 is 12.3. The summed E-state index contributed by atoms with van der Waals surface area (Å²) in [5.74, 6) is 0.795. The number of nitrogens with zero attached hydrogens (tertiary/aromatic N) is 3. The van der Waals surface area contributed by atoms with E-state index in [2.05, 4.69) is 40.8 Å². The van der Waals surface area contributed by atoms with Crippen molar-refractivity contribution in [3.63, 3.8) is 0 Å². The molecule has 1 N–H and O–H groups in total. The number of rotatable bonds is 5. The Balaban J connectivity index is 1.65. The second-order valence-corrected chi connectivity index (χ2v) is 10.1. The van der Waals surface area contributed by atoms with Crippen LogP contribution in [-0.2, 0) is 0 Å². The van der Waals surface area contributed by atoms with Crippen LogP contribution in [0.25, 0.3) is 5.69 Å². The number of aromatic nitrogens is 2. The number of aryl methyl sites for hydroxylation is 1. The lowest BCUT2D eigenvalue weighted by atomic mass is 9.90. The molecule has 1 saturated carbocycles. The van der Waals surface area contributed by atoms with Crippen molar-refractivity contribution in [2.45, 2.75) is 64.1 Å². The lowest BCUT2D eigenvalue weighted by Gasteiger charge is -2.37. The minimum atomic E-state index is -0.00849. The number of hydrogen-bond donors (Lipinski definition) is 1. The molecule has 3 aromatic rings. The molecule has 5 rings (SSSR count). The van der Waals surface area contributed by atoms with Gasteiger partial charge in [0.1, 0.15) is 5.75 Å². The lowest BCUT2D eigenvalue weighted by molar-refractivity contribution is 0.197. The third-order valence-corrected chi connectivity index (χ3v) is 7.84. The summed E-state index contributed by atoms with van der Waals surface area (Å²) in [6.07, 6.45) is 8.03. The number of thiocarbonyl (C=S) groups is 1. The molecule has 1 aliphatic carbocycles. The second-order valence-electron chi connectivity index (χ2n) is 9.30. The lowest BCUT2D eigenvalue weighted by Crippen LogP contribution is -2.40. The maximum absolute atomic E-state index is 6.40. The van der Waals surface area contributed by atoms with E-state index in [9.17, 15) is 0 Å². The van der Waals surface area contributed by atoms with Crippen LogP contribution in [0.2, 0.25) is 5.02 Å². The average Bonchev–Trinajstić information content (AvgIpc) is 3.35. The fourth-order valence-electron chi connectivity index (χ4n) is 5.75. The number of pyridine rings is 1. The molecule has 1 aliphatic heterocycles. The Bertz CT molecular complexity index is 1190. The third-order valence-electron chi connectivity index (χ3n) is 7.27. The smallest absolute Gasteiger partial charge is 0.170 e. The first-order chi connectivity index (χ1) is 16.5. The molecule has 34 heavy (non-hydrogen) atoms. The fourth-order valence-corrected chi connectivity index (χ4v) is 6.30. The molecule has 2 fully saturated rings. The number of methoxy groups -OCH3 is 1. The van der Waals surface area contributed by atoms with E-state index in [1.54, 1.807) is 7.11 Å². The highest BCUT2D eigenvalue weighted by Crippen LogP contribution is 2.45. The molecule has 0 spiro atoms. The minimum Gasteiger partial charge on any atom is -0.495 e. The molecule has 3 heterocycles. The number of hydrogen-bond acceptors (Lipinski definition) is 3. The van der Waals surface area contributed by atoms with Gasteiger partial charge in [-0.15, -0.1) is 0 Å². The average molecular weight is 495 g/mol. The van der Waals surface area contributed by atoms with Gasteiger partial charge < -0.3 is 19.5 Å². The number of benzene rings is 1. The molecule has 2 unspecified atom stereocenters. The van der Waals surface area contributed by atoms with E-state index >= 15 is 0 Å². The zero-order valence-electron chi connectivity index (χ0n) is 19.9. The van der Waals surface area contributed by atoms with Gasteiger partial charge in [-0.05, 0) is 80.9 Å². The fraction of sp³-hybridized carbons (Fsp3) is 0.407. The van der Waals surface area contributed by atoms with Gasteiger partial charge in [0.05, 0.1) is 30.6 Å². The van der Waals surface area contributed by atoms with E-state index in [1.165, 1.54) is 37.7 Å². The van der Waals surface area contributed by atoms with Crippen LogP contribution in [0, 0.1) is 13.8 Å². The Hall–Kier alpha value is -2.57. The SMILES string of the molecule is COc1ccc(Cl)cc1-n1c(C)cc(C2C(c3ccccn3)NC(=S)N2C2CCCCC2)c1C. The van der Waals surface area contributed by atoms with Crippen molar-refractivity contribution in [1.29, 1.82) is 0 Å². The number of halogens is 1. The van der Waals surface area contributed by atoms with Gasteiger partial charge in [0.15, 0.2) is 5.11 Å². The van der Waals surface area contributed by atoms with Gasteiger partial charge in [0.2, 0.25) is 0 Å². The van der Waals surface area contributed by atoms with Crippen LogP contribution in [0.1, 0.15) is 66.8 Å². The summed E-state index contributed by atoms with van der Waals surface area (Å²) in [5, 5.41) is 5.15. The maximum Gasteiger partial charge on any atom is 0.170 e. The van der Waals surface area contributed by atoms with Gasteiger partial charge in [-0.1, -0.05) is 36.9 Å². The molecule has 7 heteroatoms. The predicted molar refractivity (Wildman–Crippen MR) is 141 cm³/mol. The molecule has 178 valence electrons. The highest BCUT2D eigenvalue weighted by atomic mass is 35.5. The molecule has 5 nitrogen and oxygen atoms in total. The molecule has 0 bridgehead atoms. The minimum absolute atomic E-state index is 0.00849. The Morgan fingerprint density at radius 3 is 2.59 bits per heavy atom. The van der Waals surface area contributed by atoms with Crippen molar-refractivity contribution >= 4 is 28.9 Å². The van der Waals surface area contributed by atoms with Crippen molar-refractivity contribution in [2.75, 3.05) is 7.11 Å². The van der Waals surface area contributed by atoms with Gasteiger partial charge in [0.25, 0.3) is 0 Å². The Morgan fingerprint density at radius 2 is 1.88 bits per heavy atom. The summed E-state index contributed by atoms with van der Waals surface area (Å²) in [4.78, 5) is 7.18. The number of ether oxygens (including phenoxy) is 1. The van der Waals surface area contributed by atoms with E-state index in [4.69, 9.17) is 33.5 Å². The first kappa shape index (κ1) is 23.2. The van der Waals surface area contributed by atoms with Crippen molar-refractivity contribution in [1.82, 2.24) is 19.8 Å². The molecular formula is C27H31ClN4OS. The second kappa shape index (κ2) is 9.59. The zero-order chi connectivity index (χ0) is 23.8. The third kappa shape index (κ3) is 4.07. The van der Waals surface area contributed by atoms with Gasteiger partial charge in [-0.3, -0.25) is 4.98 Å². The first-order valence-electron chi connectivity index (χ1n) is 12.0. The van der Waals surface area contributed by atoms with Crippen molar-refractivity contribution in [3.8, 4) is 11.4 Å². The molecule has 1 saturated heterocycles. The maximum atomic E-state index is 6.40. The first-order valence-corrected chi connectivity index (χ1v) is 12.8. The van der Waals surface area contributed by atoms with Crippen LogP contribution in [0.15, 0.2) is 48.7 Å². The summed E-state index contributed by atoms with van der Waals surface area (Å²) in [7, 11) is 1.70. The van der Waals surface area contributed by atoms with Gasteiger partial charge >= 0.3 is 0 Å². The largest absolute Gasteiger partial charge is 0.495 e.